The summed E-state index contributed by atoms with van der Waals surface area (Å²) < 4.78 is 6.47. The summed E-state index contributed by atoms with van der Waals surface area (Å²) in [7, 11) is 0. The number of nitrogens with zero attached hydrogens (tertiary/aromatic N) is 1. The molecule has 0 bridgehead atoms. The minimum Gasteiger partial charge on any atom is -0.492 e. The minimum absolute atomic E-state index is 0.788. The third-order valence-corrected chi connectivity index (χ3v) is 2.34. The first-order valence-corrected chi connectivity index (χ1v) is 5.36. The lowest BCUT2D eigenvalue weighted by molar-refractivity contribution is 0.304. The summed E-state index contributed by atoms with van der Waals surface area (Å²) in [5, 5.41) is 0. The molecule has 72 valence electrons. The topological polar surface area (TPSA) is 22.1 Å². The maximum Gasteiger partial charge on any atom is 0.136 e. The van der Waals surface area contributed by atoms with E-state index in [1.54, 1.807) is 12.4 Å². The number of hydrogen-bond donors (Lipinski definition) is 0. The van der Waals surface area contributed by atoms with E-state index in [4.69, 9.17) is 4.74 Å². The molecule has 1 aromatic rings. The van der Waals surface area contributed by atoms with Gasteiger partial charge in [-0.3, -0.25) is 4.98 Å². The van der Waals surface area contributed by atoms with Gasteiger partial charge in [0.15, 0.2) is 0 Å². The Balaban J connectivity index is 2.32. The number of ether oxygens (including phenoxy) is 1. The first-order valence-electron chi connectivity index (χ1n) is 4.57. The van der Waals surface area contributed by atoms with Crippen LogP contribution in [0.2, 0.25) is 0 Å². The van der Waals surface area contributed by atoms with Gasteiger partial charge in [0.05, 0.1) is 11.1 Å². The number of rotatable bonds is 5. The van der Waals surface area contributed by atoms with E-state index < -0.39 is 0 Å². The predicted molar refractivity (Wildman–Crippen MR) is 57.0 cm³/mol. The second-order valence-electron chi connectivity index (χ2n) is 2.86. The SMILES string of the molecule is CCCCCOc1ccncc1Br. The Morgan fingerprint density at radius 3 is 3.00 bits per heavy atom. The molecule has 0 radical (unpaired) electrons. The molecule has 1 rings (SSSR count). The van der Waals surface area contributed by atoms with Gasteiger partial charge in [0, 0.05) is 12.4 Å². The molecular formula is C10H14BrNO. The van der Waals surface area contributed by atoms with Gasteiger partial charge in [0.2, 0.25) is 0 Å². The number of halogens is 1. The molecule has 0 atom stereocenters. The van der Waals surface area contributed by atoms with Gasteiger partial charge < -0.3 is 4.74 Å². The molecule has 0 N–H and O–H groups in total. The normalized spacial score (nSPS) is 10.0. The average Bonchev–Trinajstić information content (AvgIpc) is 2.15. The van der Waals surface area contributed by atoms with Crippen molar-refractivity contribution in [3.63, 3.8) is 0 Å². The second kappa shape index (κ2) is 5.97. The van der Waals surface area contributed by atoms with Gasteiger partial charge in [0.25, 0.3) is 0 Å². The molecule has 1 heterocycles. The van der Waals surface area contributed by atoms with Crippen LogP contribution in [0, 0.1) is 0 Å². The van der Waals surface area contributed by atoms with Crippen LogP contribution in [-0.2, 0) is 0 Å². The zero-order valence-electron chi connectivity index (χ0n) is 7.79. The van der Waals surface area contributed by atoms with Crippen molar-refractivity contribution in [2.45, 2.75) is 26.2 Å². The lowest BCUT2D eigenvalue weighted by atomic mass is 10.3. The molecule has 0 saturated heterocycles. The van der Waals surface area contributed by atoms with Gasteiger partial charge in [-0.25, -0.2) is 0 Å². The molecule has 0 spiro atoms. The summed E-state index contributed by atoms with van der Waals surface area (Å²) in [5.41, 5.74) is 0. The van der Waals surface area contributed by atoms with Crippen LogP contribution in [-0.4, -0.2) is 11.6 Å². The van der Waals surface area contributed by atoms with Crippen LogP contribution in [0.5, 0.6) is 5.75 Å². The number of hydrogen-bond acceptors (Lipinski definition) is 2. The minimum atomic E-state index is 0.788. The molecule has 1 aromatic heterocycles. The van der Waals surface area contributed by atoms with Crippen molar-refractivity contribution in [1.82, 2.24) is 4.98 Å². The monoisotopic (exact) mass is 243 g/mol. The lowest BCUT2D eigenvalue weighted by Crippen LogP contribution is -1.97. The highest BCUT2D eigenvalue weighted by Crippen LogP contribution is 2.22. The van der Waals surface area contributed by atoms with Crippen LogP contribution in [0.15, 0.2) is 22.9 Å². The molecule has 0 aliphatic rings. The Morgan fingerprint density at radius 1 is 1.46 bits per heavy atom. The van der Waals surface area contributed by atoms with Crippen molar-refractivity contribution < 1.29 is 4.74 Å². The van der Waals surface area contributed by atoms with E-state index in [1.807, 2.05) is 6.07 Å². The van der Waals surface area contributed by atoms with Crippen molar-refractivity contribution >= 4 is 15.9 Å². The highest BCUT2D eigenvalue weighted by atomic mass is 79.9. The number of aromatic nitrogens is 1. The maximum atomic E-state index is 5.55. The van der Waals surface area contributed by atoms with E-state index in [-0.39, 0.29) is 0 Å². The van der Waals surface area contributed by atoms with Gasteiger partial charge in [-0.1, -0.05) is 19.8 Å². The van der Waals surface area contributed by atoms with Crippen LogP contribution in [0.3, 0.4) is 0 Å². The Morgan fingerprint density at radius 2 is 2.31 bits per heavy atom. The summed E-state index contributed by atoms with van der Waals surface area (Å²) >= 11 is 3.38. The molecule has 3 heteroatoms. The third-order valence-electron chi connectivity index (χ3n) is 1.74. The maximum absolute atomic E-state index is 5.55. The van der Waals surface area contributed by atoms with E-state index in [2.05, 4.69) is 27.8 Å². The molecule has 0 aliphatic heterocycles. The summed E-state index contributed by atoms with van der Waals surface area (Å²) in [6.07, 6.45) is 7.05. The van der Waals surface area contributed by atoms with Crippen molar-refractivity contribution in [2.75, 3.05) is 6.61 Å². The molecule has 0 amide bonds. The summed E-state index contributed by atoms with van der Waals surface area (Å²) in [4.78, 5) is 3.96. The molecule has 0 saturated carbocycles. The van der Waals surface area contributed by atoms with Crippen LogP contribution in [0.1, 0.15) is 26.2 Å². The van der Waals surface area contributed by atoms with Gasteiger partial charge in [-0.2, -0.15) is 0 Å². The van der Waals surface area contributed by atoms with Crippen molar-refractivity contribution in [3.05, 3.63) is 22.9 Å². The van der Waals surface area contributed by atoms with Crippen molar-refractivity contribution in [2.24, 2.45) is 0 Å². The van der Waals surface area contributed by atoms with E-state index >= 15 is 0 Å². The fraction of sp³-hybridized carbons (Fsp3) is 0.500. The number of pyridine rings is 1. The predicted octanol–water partition coefficient (Wildman–Crippen LogP) is 3.41. The molecular weight excluding hydrogens is 230 g/mol. The molecule has 13 heavy (non-hydrogen) atoms. The largest absolute Gasteiger partial charge is 0.492 e. The standard InChI is InChI=1S/C10H14BrNO/c1-2-3-4-7-13-10-5-6-12-8-9(10)11/h5-6,8H,2-4,7H2,1H3. The molecule has 0 aromatic carbocycles. The summed E-state index contributed by atoms with van der Waals surface area (Å²) in [6.45, 7) is 2.97. The number of unbranched alkanes of at least 4 members (excludes halogenated alkanes) is 2. The second-order valence-corrected chi connectivity index (χ2v) is 3.72. The van der Waals surface area contributed by atoms with Crippen LogP contribution >= 0.6 is 15.9 Å². The van der Waals surface area contributed by atoms with Gasteiger partial charge in [-0.15, -0.1) is 0 Å². The highest BCUT2D eigenvalue weighted by Gasteiger charge is 1.98. The zero-order valence-corrected chi connectivity index (χ0v) is 9.38. The lowest BCUT2D eigenvalue weighted by Gasteiger charge is -2.06. The van der Waals surface area contributed by atoms with Crippen molar-refractivity contribution in [3.8, 4) is 5.75 Å². The highest BCUT2D eigenvalue weighted by molar-refractivity contribution is 9.10. The fourth-order valence-corrected chi connectivity index (χ4v) is 1.38. The molecule has 0 fully saturated rings. The first kappa shape index (κ1) is 10.5. The van der Waals surface area contributed by atoms with E-state index in [1.165, 1.54) is 12.8 Å². The van der Waals surface area contributed by atoms with Gasteiger partial charge in [-0.05, 0) is 28.4 Å². The van der Waals surface area contributed by atoms with E-state index in [9.17, 15) is 0 Å². The first-order chi connectivity index (χ1) is 6.34. The third kappa shape index (κ3) is 3.77. The quantitative estimate of drug-likeness (QED) is 0.740. The van der Waals surface area contributed by atoms with E-state index in [0.717, 1.165) is 23.2 Å². The summed E-state index contributed by atoms with van der Waals surface area (Å²) in [5.74, 6) is 0.881. The van der Waals surface area contributed by atoms with Gasteiger partial charge >= 0.3 is 0 Å². The Hall–Kier alpha value is -0.570. The Kier molecular flexibility index (Phi) is 4.83. The average molecular weight is 244 g/mol. The molecule has 0 unspecified atom stereocenters. The van der Waals surface area contributed by atoms with Crippen molar-refractivity contribution in [1.29, 1.82) is 0 Å². The molecule has 2 nitrogen and oxygen atoms in total. The van der Waals surface area contributed by atoms with Crippen LogP contribution < -0.4 is 4.74 Å². The van der Waals surface area contributed by atoms with Gasteiger partial charge in [0.1, 0.15) is 5.75 Å². The van der Waals surface area contributed by atoms with Crippen LogP contribution in [0.4, 0.5) is 0 Å². The zero-order chi connectivity index (χ0) is 9.52. The smallest absolute Gasteiger partial charge is 0.136 e. The van der Waals surface area contributed by atoms with Crippen LogP contribution in [0.25, 0.3) is 0 Å². The summed E-state index contributed by atoms with van der Waals surface area (Å²) in [6, 6.07) is 1.87. The fourth-order valence-electron chi connectivity index (χ4n) is 1.01. The Labute approximate surface area is 87.5 Å². The Bertz CT molecular complexity index is 252. The molecule has 0 aliphatic carbocycles. The van der Waals surface area contributed by atoms with E-state index in [0.29, 0.717) is 0 Å².